The van der Waals surface area contributed by atoms with Crippen LogP contribution in [0.1, 0.15) is 43.9 Å². The van der Waals surface area contributed by atoms with Gasteiger partial charge in [-0.2, -0.15) is 0 Å². The predicted molar refractivity (Wildman–Crippen MR) is 93.8 cm³/mol. The Balaban J connectivity index is 1.77. The van der Waals surface area contributed by atoms with E-state index in [1.165, 1.54) is 17.8 Å². The van der Waals surface area contributed by atoms with Crippen molar-refractivity contribution < 1.29 is 9.59 Å². The predicted octanol–water partition coefficient (Wildman–Crippen LogP) is 3.38. The molecule has 2 N–H and O–H groups in total. The highest BCUT2D eigenvalue weighted by Gasteiger charge is 2.22. The Hall–Kier alpha value is -1.11. The Morgan fingerprint density at radius 2 is 2.04 bits per heavy atom. The number of imide groups is 1. The molecule has 1 aliphatic rings. The van der Waals surface area contributed by atoms with Crippen LogP contribution in [0.25, 0.3) is 0 Å². The van der Waals surface area contributed by atoms with Gasteiger partial charge in [-0.15, -0.1) is 11.3 Å². The lowest BCUT2D eigenvalue weighted by Gasteiger charge is -2.25. The fourth-order valence-corrected chi connectivity index (χ4v) is 3.86. The van der Waals surface area contributed by atoms with Gasteiger partial charge in [-0.25, -0.2) is 4.79 Å². The summed E-state index contributed by atoms with van der Waals surface area (Å²) in [5, 5.41) is 5.34. The molecule has 3 amide bonds. The number of thiophene rings is 1. The molecular weight excluding hydrogens is 334 g/mol. The molecule has 0 bridgehead atoms. The van der Waals surface area contributed by atoms with Crippen molar-refractivity contribution >= 4 is 34.9 Å². The number of amides is 3. The summed E-state index contributed by atoms with van der Waals surface area (Å²) in [5.41, 5.74) is 0. The minimum absolute atomic E-state index is 0.192. The fourth-order valence-electron chi connectivity index (χ4n) is 2.70. The molecule has 0 saturated heterocycles. The topological polar surface area (TPSA) is 61.4 Å². The Kier molecular flexibility index (Phi) is 6.87. The number of rotatable bonds is 5. The Morgan fingerprint density at radius 3 is 2.65 bits per heavy atom. The number of urea groups is 1. The van der Waals surface area contributed by atoms with Crippen LogP contribution in [-0.2, 0) is 11.3 Å². The Morgan fingerprint density at radius 1 is 1.35 bits per heavy atom. The standard InChI is InChI=1S/C16H24ClN3O2S/c1-11(20(2)10-13-8-9-14(17)23-13)15(21)19-16(22)18-12-6-4-3-5-7-12/h8-9,11-12H,3-7,10H2,1-2H3,(H2,18,19,21,22)/t11-/m1/s1. The zero-order valence-electron chi connectivity index (χ0n) is 13.6. The third-order valence-corrected chi connectivity index (χ3v) is 5.47. The van der Waals surface area contributed by atoms with Gasteiger partial charge in [0, 0.05) is 17.5 Å². The number of hydrogen-bond acceptors (Lipinski definition) is 4. The van der Waals surface area contributed by atoms with Gasteiger partial charge in [-0.1, -0.05) is 30.9 Å². The summed E-state index contributed by atoms with van der Waals surface area (Å²) in [4.78, 5) is 27.1. The van der Waals surface area contributed by atoms with Crippen LogP contribution in [-0.4, -0.2) is 36.0 Å². The smallest absolute Gasteiger partial charge is 0.321 e. The molecule has 1 saturated carbocycles. The van der Waals surface area contributed by atoms with Gasteiger partial charge in [0.1, 0.15) is 0 Å². The number of likely N-dealkylation sites (N-methyl/N-ethyl adjacent to an activating group) is 1. The summed E-state index contributed by atoms with van der Waals surface area (Å²) in [6, 6.07) is 3.20. The fraction of sp³-hybridized carbons (Fsp3) is 0.625. The molecule has 23 heavy (non-hydrogen) atoms. The second-order valence-corrected chi connectivity index (χ2v) is 7.89. The molecule has 7 heteroatoms. The second-order valence-electron chi connectivity index (χ2n) is 6.09. The van der Waals surface area contributed by atoms with Gasteiger partial charge in [0.05, 0.1) is 10.4 Å². The van der Waals surface area contributed by atoms with E-state index in [0.29, 0.717) is 6.54 Å². The molecule has 1 aromatic heterocycles. The van der Waals surface area contributed by atoms with E-state index in [1.807, 2.05) is 24.1 Å². The van der Waals surface area contributed by atoms with Gasteiger partial charge in [0.15, 0.2) is 0 Å². The zero-order valence-corrected chi connectivity index (χ0v) is 15.2. The first kappa shape index (κ1) is 18.2. The van der Waals surface area contributed by atoms with Crippen LogP contribution in [0, 0.1) is 0 Å². The molecule has 1 aromatic rings. The largest absolute Gasteiger partial charge is 0.335 e. The van der Waals surface area contributed by atoms with Gasteiger partial charge in [0.2, 0.25) is 5.91 Å². The van der Waals surface area contributed by atoms with E-state index in [2.05, 4.69) is 10.6 Å². The van der Waals surface area contributed by atoms with Crippen LogP contribution in [0.3, 0.4) is 0 Å². The average Bonchev–Trinajstić information content (AvgIpc) is 2.92. The normalized spacial score (nSPS) is 17.0. The van der Waals surface area contributed by atoms with Crippen LogP contribution < -0.4 is 10.6 Å². The zero-order chi connectivity index (χ0) is 16.8. The molecule has 0 spiro atoms. The first-order valence-electron chi connectivity index (χ1n) is 8.01. The SMILES string of the molecule is C[C@H](C(=O)NC(=O)NC1CCCCC1)N(C)Cc1ccc(Cl)s1. The number of nitrogens with zero attached hydrogens (tertiary/aromatic N) is 1. The summed E-state index contributed by atoms with van der Waals surface area (Å²) >= 11 is 7.41. The lowest BCUT2D eigenvalue weighted by Crippen LogP contribution is -2.50. The van der Waals surface area contributed by atoms with Crippen molar-refractivity contribution in [3.63, 3.8) is 0 Å². The molecule has 0 aromatic carbocycles. The highest BCUT2D eigenvalue weighted by molar-refractivity contribution is 7.16. The summed E-state index contributed by atoms with van der Waals surface area (Å²) in [6.45, 7) is 2.41. The maximum atomic E-state index is 12.2. The highest BCUT2D eigenvalue weighted by Crippen LogP contribution is 2.22. The molecule has 5 nitrogen and oxygen atoms in total. The minimum Gasteiger partial charge on any atom is -0.335 e. The highest BCUT2D eigenvalue weighted by atomic mass is 35.5. The van der Waals surface area contributed by atoms with E-state index >= 15 is 0 Å². The van der Waals surface area contributed by atoms with Gasteiger partial charge >= 0.3 is 6.03 Å². The third-order valence-electron chi connectivity index (χ3n) is 4.25. The third kappa shape index (κ3) is 5.79. The summed E-state index contributed by atoms with van der Waals surface area (Å²) in [7, 11) is 1.86. The monoisotopic (exact) mass is 357 g/mol. The molecule has 1 aliphatic carbocycles. The van der Waals surface area contributed by atoms with Crippen molar-refractivity contribution in [1.29, 1.82) is 0 Å². The number of halogens is 1. The summed E-state index contributed by atoms with van der Waals surface area (Å²) in [6.07, 6.45) is 5.50. The minimum atomic E-state index is -0.395. The van der Waals surface area contributed by atoms with Gasteiger partial charge in [-0.05, 0) is 38.9 Å². The van der Waals surface area contributed by atoms with Gasteiger partial charge in [-0.3, -0.25) is 15.0 Å². The molecule has 128 valence electrons. The summed E-state index contributed by atoms with van der Waals surface area (Å²) < 4.78 is 0.734. The lowest BCUT2D eigenvalue weighted by atomic mass is 9.96. The average molecular weight is 358 g/mol. The van der Waals surface area contributed by atoms with Crippen molar-refractivity contribution in [3.8, 4) is 0 Å². The summed E-state index contributed by atoms with van der Waals surface area (Å²) in [5.74, 6) is -0.288. The van der Waals surface area contributed by atoms with E-state index < -0.39 is 6.04 Å². The first-order valence-corrected chi connectivity index (χ1v) is 9.21. The van der Waals surface area contributed by atoms with Crippen molar-refractivity contribution in [3.05, 3.63) is 21.3 Å². The van der Waals surface area contributed by atoms with E-state index in [-0.39, 0.29) is 18.0 Å². The number of hydrogen-bond donors (Lipinski definition) is 2. The van der Waals surface area contributed by atoms with Crippen molar-refractivity contribution in [2.75, 3.05) is 7.05 Å². The van der Waals surface area contributed by atoms with E-state index in [4.69, 9.17) is 11.6 Å². The molecular formula is C16H24ClN3O2S. The van der Waals surface area contributed by atoms with Crippen LogP contribution >= 0.6 is 22.9 Å². The second kappa shape index (κ2) is 8.66. The van der Waals surface area contributed by atoms with Crippen molar-refractivity contribution in [2.45, 2.75) is 57.7 Å². The van der Waals surface area contributed by atoms with Crippen LogP contribution in [0.5, 0.6) is 0 Å². The van der Waals surface area contributed by atoms with Crippen molar-refractivity contribution in [1.82, 2.24) is 15.5 Å². The van der Waals surface area contributed by atoms with Crippen LogP contribution in [0.4, 0.5) is 4.79 Å². The van der Waals surface area contributed by atoms with Crippen LogP contribution in [0.2, 0.25) is 4.34 Å². The Labute approximate surface area is 146 Å². The molecule has 0 aliphatic heterocycles. The van der Waals surface area contributed by atoms with Gasteiger partial charge in [0.25, 0.3) is 0 Å². The number of carbonyl (C=O) groups is 2. The maximum absolute atomic E-state index is 12.2. The van der Waals surface area contributed by atoms with E-state index in [9.17, 15) is 9.59 Å². The van der Waals surface area contributed by atoms with Crippen molar-refractivity contribution in [2.24, 2.45) is 0 Å². The lowest BCUT2D eigenvalue weighted by molar-refractivity contribution is -0.124. The quantitative estimate of drug-likeness (QED) is 0.849. The van der Waals surface area contributed by atoms with Gasteiger partial charge < -0.3 is 5.32 Å². The maximum Gasteiger partial charge on any atom is 0.321 e. The molecule has 1 atom stereocenters. The number of nitrogens with one attached hydrogen (secondary N) is 2. The first-order chi connectivity index (χ1) is 11.0. The Bertz CT molecular complexity index is 543. The van der Waals surface area contributed by atoms with E-state index in [0.717, 1.165) is 34.9 Å². The molecule has 0 radical (unpaired) electrons. The molecule has 2 rings (SSSR count). The molecule has 0 unspecified atom stereocenters. The number of carbonyl (C=O) groups excluding carboxylic acids is 2. The molecule has 1 heterocycles. The molecule has 1 fully saturated rings. The van der Waals surface area contributed by atoms with E-state index in [1.54, 1.807) is 6.92 Å². The van der Waals surface area contributed by atoms with Crippen LogP contribution in [0.15, 0.2) is 12.1 Å².